The Bertz CT molecular complexity index is 4830. The summed E-state index contributed by atoms with van der Waals surface area (Å²) < 4.78 is 54.0. The van der Waals surface area contributed by atoms with Crippen LogP contribution < -0.4 is 41.7 Å². The lowest BCUT2D eigenvalue weighted by molar-refractivity contribution is -0.137. The number of ether oxygens (including phenoxy) is 1. The monoisotopic (exact) mass is 1350 g/mol. The van der Waals surface area contributed by atoms with Crippen LogP contribution in [0.3, 0.4) is 0 Å². The van der Waals surface area contributed by atoms with Gasteiger partial charge in [0, 0.05) is 190 Å². The van der Waals surface area contributed by atoms with E-state index in [1.165, 1.54) is 17.4 Å². The topological polar surface area (TPSA) is 223 Å². The third-order valence-corrected chi connectivity index (χ3v) is 19.1. The Morgan fingerprint density at radius 3 is 1.52 bits per heavy atom. The van der Waals surface area contributed by atoms with Crippen LogP contribution in [0.1, 0.15) is 60.6 Å². The van der Waals surface area contributed by atoms with Gasteiger partial charge in [-0.05, 0) is 168 Å². The number of hydrogen-bond acceptors (Lipinski definition) is 17. The number of amides is 1. The van der Waals surface area contributed by atoms with E-state index in [1.807, 2.05) is 87.9 Å². The molecule has 4 aliphatic rings. The average Bonchev–Trinajstić information content (AvgIpc) is 1.50. The average molecular weight is 1350 g/mol. The van der Waals surface area contributed by atoms with Gasteiger partial charge in [0.1, 0.15) is 0 Å². The smallest absolute Gasteiger partial charge is 0.378 e. The minimum atomic E-state index is -4.49. The standard InChI is InChI=1S/C29H29F3N6O.C25H31N7.C21H21N7O/c1-18(2)36-11-13-37(14-12-36)26-7-4-21(16-23(26)29(30,31)32)35-24-6-8-25(38-10-9-33-27(24)38)19-3-5-22-20(15-19)17-34-28(22)39;1-17(2)30-13-15-31(16-14-30)21-7-5-20(6-8-21)27-22-9-10-23(32-12-11-26-25(22)32)24-18(3)28-29-19(24)4;22-21-24-13-15(14-25-21)19-6-5-18(20-23-7-8-28(19)20)26-16-1-3-17(4-2-16)27-9-11-29-12-10-27/h3-10,15-16,18,35H,11-14,17H2,1-2H3,(H,34,39);5-12,17,27H,13-16H2,1-4H3,(H,28,29);1-8,13-14,26H,9-12H2,(H2,22,24,25). The summed E-state index contributed by atoms with van der Waals surface area (Å²) in [6.45, 7) is 23.7. The van der Waals surface area contributed by atoms with Gasteiger partial charge in [-0.1, -0.05) is 6.07 Å². The Morgan fingerprint density at radius 1 is 0.530 bits per heavy atom. The first kappa shape index (κ1) is 66.2. The molecule has 16 rings (SSSR count). The number of nitrogen functional groups attached to an aromatic ring is 1. The number of piperazine rings is 2. The number of imidazole rings is 3. The molecule has 0 radical (unpaired) electrons. The van der Waals surface area contributed by atoms with E-state index in [0.29, 0.717) is 54.3 Å². The van der Waals surface area contributed by atoms with Crippen molar-refractivity contribution in [2.45, 2.75) is 66.3 Å². The third-order valence-electron chi connectivity index (χ3n) is 19.1. The first-order chi connectivity index (χ1) is 48.5. The molecule has 100 heavy (non-hydrogen) atoms. The molecule has 3 fully saturated rings. The van der Waals surface area contributed by atoms with Crippen molar-refractivity contribution < 1.29 is 22.7 Å². The summed E-state index contributed by atoms with van der Waals surface area (Å²) in [6.07, 6.45) is 9.96. The number of rotatable bonds is 14. The number of halogens is 3. The van der Waals surface area contributed by atoms with Gasteiger partial charge in [-0.25, -0.2) is 24.9 Å². The second-order valence-corrected chi connectivity index (χ2v) is 26.0. The van der Waals surface area contributed by atoms with Crippen LogP contribution in [-0.2, 0) is 17.5 Å². The van der Waals surface area contributed by atoms with E-state index in [-0.39, 0.29) is 17.5 Å². The van der Waals surface area contributed by atoms with Crippen LogP contribution in [0, 0.1) is 13.8 Å². The maximum Gasteiger partial charge on any atom is 0.418 e. The Morgan fingerprint density at radius 2 is 1.01 bits per heavy atom. The molecule has 0 saturated carbocycles. The Kier molecular flexibility index (Phi) is 18.8. The molecule has 25 heteroatoms. The van der Waals surface area contributed by atoms with E-state index >= 15 is 0 Å². The van der Waals surface area contributed by atoms with E-state index in [2.05, 4.69) is 176 Å². The highest BCUT2D eigenvalue weighted by Gasteiger charge is 2.36. The summed E-state index contributed by atoms with van der Waals surface area (Å²) in [5.41, 5.74) is 24.4. The molecule has 7 N–H and O–H groups in total. The number of benzene rings is 4. The number of aromatic nitrogens is 10. The predicted octanol–water partition coefficient (Wildman–Crippen LogP) is 13.1. The van der Waals surface area contributed by atoms with Gasteiger partial charge in [0.15, 0.2) is 16.9 Å². The lowest BCUT2D eigenvalue weighted by Gasteiger charge is -2.39. The van der Waals surface area contributed by atoms with Gasteiger partial charge in [-0.15, -0.1) is 0 Å². The van der Waals surface area contributed by atoms with E-state index in [4.69, 9.17) is 10.5 Å². The molecule has 514 valence electrons. The summed E-state index contributed by atoms with van der Waals surface area (Å²) in [7, 11) is 0. The van der Waals surface area contributed by atoms with Crippen molar-refractivity contribution in [2.75, 3.05) is 115 Å². The normalized spacial score (nSPS) is 15.3. The van der Waals surface area contributed by atoms with E-state index in [9.17, 15) is 18.0 Å². The van der Waals surface area contributed by atoms with Crippen molar-refractivity contribution in [3.8, 4) is 33.8 Å². The second-order valence-electron chi connectivity index (χ2n) is 26.0. The van der Waals surface area contributed by atoms with Crippen LogP contribution in [0.25, 0.3) is 50.7 Å². The molecule has 22 nitrogen and oxygen atoms in total. The van der Waals surface area contributed by atoms with Gasteiger partial charge in [-0.3, -0.25) is 32.9 Å². The highest BCUT2D eigenvalue weighted by molar-refractivity contribution is 5.99. The van der Waals surface area contributed by atoms with Crippen LogP contribution in [0.2, 0.25) is 0 Å². The molecule has 4 aliphatic heterocycles. The number of hydrogen-bond donors (Lipinski definition) is 6. The highest BCUT2D eigenvalue weighted by atomic mass is 19.4. The number of pyridine rings is 3. The number of fused-ring (bicyclic) bond motifs is 4. The summed E-state index contributed by atoms with van der Waals surface area (Å²) in [4.78, 5) is 45.2. The molecule has 0 unspecified atom stereocenters. The predicted molar refractivity (Wildman–Crippen MR) is 390 cm³/mol. The summed E-state index contributed by atoms with van der Waals surface area (Å²) in [6, 6.07) is 40.3. The molecule has 3 saturated heterocycles. The van der Waals surface area contributed by atoms with Crippen LogP contribution >= 0.6 is 0 Å². The summed E-state index contributed by atoms with van der Waals surface area (Å²) in [5.74, 6) is 0.181. The van der Waals surface area contributed by atoms with Crippen LogP contribution in [-0.4, -0.2) is 155 Å². The van der Waals surface area contributed by atoms with Crippen LogP contribution in [0.4, 0.5) is 70.3 Å². The molecule has 0 aliphatic carbocycles. The number of carbonyl (C=O) groups excluding carboxylic acids is 1. The minimum absolute atomic E-state index is 0.0778. The van der Waals surface area contributed by atoms with Crippen molar-refractivity contribution in [2.24, 2.45) is 0 Å². The number of alkyl halides is 3. The molecular formula is C75H81F3N20O2. The van der Waals surface area contributed by atoms with E-state index < -0.39 is 11.7 Å². The number of nitrogens with zero attached hydrogens (tertiary/aromatic N) is 14. The first-order valence-electron chi connectivity index (χ1n) is 33.9. The summed E-state index contributed by atoms with van der Waals surface area (Å²) in [5, 5.41) is 20.4. The number of carbonyl (C=O) groups is 1. The molecule has 12 aromatic rings. The molecule has 8 aromatic heterocycles. The number of aryl methyl sites for hydroxylation is 2. The van der Waals surface area contributed by atoms with E-state index in [0.717, 1.165) is 150 Å². The highest BCUT2D eigenvalue weighted by Crippen LogP contribution is 2.41. The van der Waals surface area contributed by atoms with Gasteiger partial charge in [0.05, 0.1) is 58.6 Å². The Labute approximate surface area is 577 Å². The molecule has 12 heterocycles. The van der Waals surface area contributed by atoms with Gasteiger partial charge in [0.2, 0.25) is 5.95 Å². The zero-order chi connectivity index (χ0) is 69.2. The molecule has 0 bridgehead atoms. The number of nitrogens with two attached hydrogens (primary N) is 1. The quantitative estimate of drug-likeness (QED) is 0.0595. The third kappa shape index (κ3) is 14.0. The van der Waals surface area contributed by atoms with Crippen molar-refractivity contribution in [1.82, 2.24) is 63.4 Å². The molecule has 0 spiro atoms. The SMILES string of the molecule is CC(C)N1CCN(c2ccc(Nc3ccc(-c4ccc5c(c4)CNC5=O)n4ccnc34)cc2C(F)(F)F)CC1.Cc1n[nH]c(C)c1-c1ccc(Nc2ccc(N3CCN(C(C)C)CC3)cc2)c2nccn12.Nc1ncc(-c2ccc(Nc3ccc(N4CCOCC4)cc3)c3nccn23)cn1. The minimum Gasteiger partial charge on any atom is -0.378 e. The molecule has 0 atom stereocenters. The van der Waals surface area contributed by atoms with E-state index in [1.54, 1.807) is 36.9 Å². The van der Waals surface area contributed by atoms with Crippen molar-refractivity contribution in [1.29, 1.82) is 0 Å². The van der Waals surface area contributed by atoms with Gasteiger partial charge < -0.3 is 46.4 Å². The lowest BCUT2D eigenvalue weighted by Crippen LogP contribution is -2.49. The summed E-state index contributed by atoms with van der Waals surface area (Å²) >= 11 is 0. The molecule has 4 aromatic carbocycles. The maximum absolute atomic E-state index is 14.2. The fourth-order valence-electron chi connectivity index (χ4n) is 13.7. The van der Waals surface area contributed by atoms with Crippen LogP contribution in [0.5, 0.6) is 0 Å². The first-order valence-corrected chi connectivity index (χ1v) is 33.9. The van der Waals surface area contributed by atoms with Crippen LogP contribution in [0.15, 0.2) is 171 Å². The Balaban J connectivity index is 0.000000129. The van der Waals surface area contributed by atoms with Crippen molar-refractivity contribution >= 4 is 80.0 Å². The van der Waals surface area contributed by atoms with Gasteiger partial charge in [0.25, 0.3) is 5.91 Å². The van der Waals surface area contributed by atoms with Crippen molar-refractivity contribution in [3.63, 3.8) is 0 Å². The fourth-order valence-corrected chi connectivity index (χ4v) is 13.7. The fraction of sp³-hybridized carbons (Fsp3) is 0.293. The van der Waals surface area contributed by atoms with Gasteiger partial charge in [-0.2, -0.15) is 18.3 Å². The number of H-pyrrole nitrogens is 1. The van der Waals surface area contributed by atoms with Crippen molar-refractivity contribution in [3.05, 3.63) is 199 Å². The number of anilines is 10. The Hall–Kier alpha value is -11.0. The maximum atomic E-state index is 14.2. The lowest BCUT2D eigenvalue weighted by atomic mass is 10.0. The van der Waals surface area contributed by atoms with Gasteiger partial charge >= 0.3 is 6.18 Å². The molecular weight excluding hydrogens is 1270 g/mol. The largest absolute Gasteiger partial charge is 0.418 e. The number of aromatic amines is 1. The number of morpholine rings is 1. The number of nitrogens with one attached hydrogen (secondary N) is 5. The zero-order valence-corrected chi connectivity index (χ0v) is 56.8. The molecule has 1 amide bonds. The second kappa shape index (κ2) is 28.4. The zero-order valence-electron chi connectivity index (χ0n) is 56.8.